The van der Waals surface area contributed by atoms with Gasteiger partial charge in [-0.15, -0.1) is 5.10 Å². The molecule has 170 valence electrons. The van der Waals surface area contributed by atoms with Gasteiger partial charge < -0.3 is 26.6 Å². The van der Waals surface area contributed by atoms with Crippen LogP contribution in [-0.2, 0) is 6.18 Å². The second-order valence-corrected chi connectivity index (χ2v) is 7.84. The summed E-state index contributed by atoms with van der Waals surface area (Å²) >= 11 is 0. The molecule has 0 spiro atoms. The summed E-state index contributed by atoms with van der Waals surface area (Å²) in [6.07, 6.45) is -3.99. The summed E-state index contributed by atoms with van der Waals surface area (Å²) in [5.74, 6) is 1.12. The van der Waals surface area contributed by atoms with Gasteiger partial charge in [0.05, 0.1) is 11.4 Å². The number of nitrogens with one attached hydrogen (secondary N) is 1. The maximum Gasteiger partial charge on any atom is 0.433 e. The van der Waals surface area contributed by atoms with Gasteiger partial charge in [-0.1, -0.05) is 0 Å². The quantitative estimate of drug-likeness (QED) is 0.516. The third-order valence-electron chi connectivity index (χ3n) is 5.43. The molecule has 0 unspecified atom stereocenters. The first-order valence-corrected chi connectivity index (χ1v) is 10.0. The third kappa shape index (κ3) is 4.50. The number of hydrogen-bond donors (Lipinski definition) is 3. The van der Waals surface area contributed by atoms with Crippen molar-refractivity contribution in [3.63, 3.8) is 0 Å². The van der Waals surface area contributed by atoms with E-state index in [9.17, 15) is 13.2 Å². The van der Waals surface area contributed by atoms with E-state index in [0.29, 0.717) is 11.5 Å². The zero-order valence-electron chi connectivity index (χ0n) is 17.7. The van der Waals surface area contributed by atoms with Crippen LogP contribution in [0.2, 0.25) is 0 Å². The molecule has 0 bridgehead atoms. The molecule has 5 N–H and O–H groups in total. The number of nitrogen functional groups attached to an aromatic ring is 1. The van der Waals surface area contributed by atoms with E-state index in [1.807, 2.05) is 13.0 Å². The van der Waals surface area contributed by atoms with Crippen molar-refractivity contribution in [1.29, 1.82) is 0 Å². The number of hydrogen-bond acceptors (Lipinski definition) is 9. The Hall–Kier alpha value is -3.25. The fourth-order valence-electron chi connectivity index (χ4n) is 3.58. The fourth-order valence-corrected chi connectivity index (χ4v) is 3.58. The van der Waals surface area contributed by atoms with Gasteiger partial charge in [0.15, 0.2) is 5.82 Å². The number of pyridine rings is 2. The van der Waals surface area contributed by atoms with Crippen LogP contribution >= 0.6 is 0 Å². The molecular weight excluding hydrogens is 423 g/mol. The Morgan fingerprint density at radius 1 is 1.06 bits per heavy atom. The number of anilines is 3. The Kier molecular flexibility index (Phi) is 5.73. The van der Waals surface area contributed by atoms with E-state index in [2.05, 4.69) is 42.3 Å². The zero-order chi connectivity index (χ0) is 23.0. The molecule has 4 heterocycles. The number of nitrogens with zero attached hydrogens (tertiary/aromatic N) is 6. The van der Waals surface area contributed by atoms with Crippen molar-refractivity contribution >= 4 is 28.1 Å². The number of alkyl halides is 3. The van der Waals surface area contributed by atoms with Crippen molar-refractivity contribution in [2.24, 2.45) is 5.73 Å². The Bertz CT molecular complexity index is 1130. The van der Waals surface area contributed by atoms with Crippen LogP contribution in [0.3, 0.4) is 0 Å². The lowest BCUT2D eigenvalue weighted by Crippen LogP contribution is -2.44. The van der Waals surface area contributed by atoms with Gasteiger partial charge in [0.1, 0.15) is 17.7 Å². The number of halogens is 3. The van der Waals surface area contributed by atoms with Crippen molar-refractivity contribution < 1.29 is 13.2 Å². The Labute approximate surface area is 182 Å². The highest BCUT2D eigenvalue weighted by molar-refractivity contribution is 5.94. The summed E-state index contributed by atoms with van der Waals surface area (Å²) in [5.41, 5.74) is 11.2. The Morgan fingerprint density at radius 3 is 2.47 bits per heavy atom. The molecule has 32 heavy (non-hydrogen) atoms. The van der Waals surface area contributed by atoms with Gasteiger partial charge in [-0.3, -0.25) is 0 Å². The lowest BCUT2D eigenvalue weighted by atomic mass is 10.1. The van der Waals surface area contributed by atoms with Gasteiger partial charge in [0.25, 0.3) is 0 Å². The molecule has 1 saturated heterocycles. The Balaban J connectivity index is 1.67. The molecule has 9 nitrogen and oxygen atoms in total. The van der Waals surface area contributed by atoms with Gasteiger partial charge in [-0.05, 0) is 32.2 Å². The van der Waals surface area contributed by atoms with Crippen LogP contribution < -0.4 is 21.7 Å². The maximum absolute atomic E-state index is 13.1. The predicted octanol–water partition coefficient (Wildman–Crippen LogP) is 2.15. The molecule has 1 aliphatic rings. The first kappa shape index (κ1) is 22.0. The smallest absolute Gasteiger partial charge is 0.399 e. The summed E-state index contributed by atoms with van der Waals surface area (Å²) in [6.45, 7) is 5.33. The van der Waals surface area contributed by atoms with Gasteiger partial charge in [-0.2, -0.15) is 18.3 Å². The summed E-state index contributed by atoms with van der Waals surface area (Å²) in [7, 11) is 2.07. The molecule has 4 rings (SSSR count). The van der Waals surface area contributed by atoms with Gasteiger partial charge in [-0.25, -0.2) is 9.97 Å². The molecule has 0 aliphatic carbocycles. The number of fused-ring (bicyclic) bond motifs is 1. The van der Waals surface area contributed by atoms with Crippen molar-refractivity contribution in [3.05, 3.63) is 41.5 Å². The van der Waals surface area contributed by atoms with E-state index >= 15 is 0 Å². The molecule has 3 aromatic rings. The number of nitrogens with two attached hydrogens (primary N) is 2. The van der Waals surface area contributed by atoms with E-state index in [4.69, 9.17) is 11.5 Å². The van der Waals surface area contributed by atoms with Crippen LogP contribution in [0.5, 0.6) is 0 Å². The van der Waals surface area contributed by atoms with Crippen molar-refractivity contribution in [1.82, 2.24) is 25.1 Å². The first-order chi connectivity index (χ1) is 15.1. The topological polar surface area (TPSA) is 122 Å². The van der Waals surface area contributed by atoms with Crippen LogP contribution in [0.25, 0.3) is 10.8 Å². The van der Waals surface area contributed by atoms with E-state index in [1.54, 1.807) is 6.20 Å². The van der Waals surface area contributed by atoms with Crippen molar-refractivity contribution in [3.8, 4) is 0 Å². The number of aryl methyl sites for hydroxylation is 1. The highest BCUT2D eigenvalue weighted by Crippen LogP contribution is 2.31. The number of piperazine rings is 1. The van der Waals surface area contributed by atoms with Crippen LogP contribution in [-0.4, -0.2) is 58.3 Å². The fraction of sp³-hybridized carbons (Fsp3) is 0.400. The predicted molar refractivity (Wildman–Crippen MR) is 116 cm³/mol. The highest BCUT2D eigenvalue weighted by atomic mass is 19.4. The van der Waals surface area contributed by atoms with Crippen LogP contribution in [0.15, 0.2) is 24.4 Å². The number of likely N-dealkylation sites (N-methyl/N-ethyl adjacent to an activating group) is 1. The molecule has 0 radical (unpaired) electrons. The lowest BCUT2D eigenvalue weighted by Gasteiger charge is -2.33. The standard InChI is InChI=1S/C20H24F3N9/c1-11-14-10-26-17(32-5-3-31(2)4-6-32)9-13(14)19(30-29-11)28-18(25)15-7-12(24)8-16(27-15)20(21,22)23/h7-10,18H,3-6,25H2,1-2H3,(H2,24,27)(H,28,30)/t18-/m0/s1. The second kappa shape index (κ2) is 8.36. The first-order valence-electron chi connectivity index (χ1n) is 10.0. The van der Waals surface area contributed by atoms with Crippen molar-refractivity contribution in [2.45, 2.75) is 19.3 Å². The van der Waals surface area contributed by atoms with E-state index in [1.165, 1.54) is 6.07 Å². The molecular formula is C20H24F3N9. The summed E-state index contributed by atoms with van der Waals surface area (Å²) in [5, 5.41) is 12.7. The van der Waals surface area contributed by atoms with E-state index < -0.39 is 18.0 Å². The lowest BCUT2D eigenvalue weighted by molar-refractivity contribution is -0.141. The number of rotatable bonds is 4. The summed E-state index contributed by atoms with van der Waals surface area (Å²) < 4.78 is 39.4. The molecule has 1 fully saturated rings. The molecule has 1 atom stereocenters. The molecule has 0 amide bonds. The zero-order valence-corrected chi connectivity index (χ0v) is 17.7. The number of aromatic nitrogens is 4. The second-order valence-electron chi connectivity index (χ2n) is 7.84. The minimum absolute atomic E-state index is 0.0544. The van der Waals surface area contributed by atoms with Gasteiger partial charge in [0, 0.05) is 48.8 Å². The van der Waals surface area contributed by atoms with E-state index in [-0.39, 0.29) is 11.4 Å². The molecule has 1 aliphatic heterocycles. The van der Waals surface area contributed by atoms with E-state index in [0.717, 1.165) is 48.8 Å². The minimum Gasteiger partial charge on any atom is -0.399 e. The van der Waals surface area contributed by atoms with Crippen LogP contribution in [0.4, 0.5) is 30.5 Å². The van der Waals surface area contributed by atoms with Gasteiger partial charge in [0.2, 0.25) is 0 Å². The molecule has 0 saturated carbocycles. The molecule has 3 aromatic heterocycles. The molecule has 0 aromatic carbocycles. The third-order valence-corrected chi connectivity index (χ3v) is 5.43. The average Bonchev–Trinajstić information content (AvgIpc) is 2.75. The largest absolute Gasteiger partial charge is 0.433 e. The summed E-state index contributed by atoms with van der Waals surface area (Å²) in [6, 6.07) is 3.96. The summed E-state index contributed by atoms with van der Waals surface area (Å²) in [4.78, 5) is 12.6. The van der Waals surface area contributed by atoms with Crippen LogP contribution in [0, 0.1) is 6.92 Å². The normalized spacial score (nSPS) is 16.4. The van der Waals surface area contributed by atoms with Crippen LogP contribution in [0.1, 0.15) is 23.2 Å². The SMILES string of the molecule is Cc1nnc(N[C@H](N)c2cc(N)cc(C(F)(F)F)n2)c2cc(N3CCN(C)CC3)ncc12. The average molecular weight is 447 g/mol. The highest BCUT2D eigenvalue weighted by Gasteiger charge is 2.33. The van der Waals surface area contributed by atoms with Gasteiger partial charge >= 0.3 is 6.18 Å². The minimum atomic E-state index is -4.64. The Morgan fingerprint density at radius 2 is 1.78 bits per heavy atom. The van der Waals surface area contributed by atoms with Crippen molar-refractivity contribution in [2.75, 3.05) is 49.2 Å². The monoisotopic (exact) mass is 447 g/mol. The maximum atomic E-state index is 13.1. The molecule has 12 heteroatoms.